The van der Waals surface area contributed by atoms with E-state index in [1.807, 2.05) is 0 Å². The smallest absolute Gasteiger partial charge is 0.388 e. The van der Waals surface area contributed by atoms with Crippen molar-refractivity contribution < 1.29 is 77.1 Å². The molecule has 202 valence electrons. The Balaban J connectivity index is 0.000000635. The summed E-state index contributed by atoms with van der Waals surface area (Å²) in [6.07, 6.45) is -3.10. The van der Waals surface area contributed by atoms with Crippen molar-refractivity contribution in [3.8, 4) is 0 Å². The van der Waals surface area contributed by atoms with Crippen LogP contribution >= 0.6 is 23.5 Å². The van der Waals surface area contributed by atoms with Gasteiger partial charge in [-0.1, -0.05) is 18.2 Å². The lowest BCUT2D eigenvalue weighted by Crippen LogP contribution is -2.34. The summed E-state index contributed by atoms with van der Waals surface area (Å²) in [5.41, 5.74) is -0.465. The number of aromatic nitrogens is 1. The molecule has 1 aliphatic heterocycles. The lowest BCUT2D eigenvalue weighted by atomic mass is 10.1. The van der Waals surface area contributed by atoms with Gasteiger partial charge in [-0.15, -0.1) is 0 Å². The van der Waals surface area contributed by atoms with Gasteiger partial charge in [-0.25, -0.2) is 18.1 Å². The number of nitrogens with zero attached hydrogens (tertiary/aromatic N) is 1. The van der Waals surface area contributed by atoms with Crippen molar-refractivity contribution in [2.45, 2.75) is 31.5 Å². The van der Waals surface area contributed by atoms with E-state index in [1.165, 1.54) is 12.1 Å². The number of hydrogen-bond donors (Lipinski definition) is 11. The number of hydrogen-bond acceptors (Lipinski definition) is 7. The van der Waals surface area contributed by atoms with E-state index in [1.54, 1.807) is 19.1 Å². The molecule has 0 amide bonds. The molecule has 21 heteroatoms. The molecule has 2 aromatic rings. The van der Waals surface area contributed by atoms with Crippen LogP contribution in [0.15, 0.2) is 35.3 Å². The summed E-state index contributed by atoms with van der Waals surface area (Å²) >= 11 is 0. The molecule has 3 rings (SSSR count). The second-order valence-corrected chi connectivity index (χ2v) is 9.57. The highest BCUT2D eigenvalue weighted by Crippen LogP contribution is 2.29. The highest BCUT2D eigenvalue weighted by Gasteiger charge is 2.41. The van der Waals surface area contributed by atoms with E-state index in [9.17, 15) is 19.4 Å². The molecule has 0 saturated carbocycles. The van der Waals surface area contributed by atoms with Crippen LogP contribution < -0.4 is 5.56 Å². The van der Waals surface area contributed by atoms with Crippen LogP contribution in [0.3, 0.4) is 0 Å². The van der Waals surface area contributed by atoms with Crippen LogP contribution in [0, 0.1) is 5.82 Å². The lowest BCUT2D eigenvalue weighted by molar-refractivity contribution is -0.0344. The largest absolute Gasteiger partial charge is 0.466 e. The molecular formula is C14H23FNO16P3. The Bertz CT molecular complexity index is 1100. The van der Waals surface area contributed by atoms with Crippen LogP contribution in [0.5, 0.6) is 0 Å². The number of fused-ring (bicyclic) bond motifs is 1. The Morgan fingerprint density at radius 1 is 0.800 bits per heavy atom. The van der Waals surface area contributed by atoms with Crippen LogP contribution in [0.2, 0.25) is 0 Å². The molecule has 1 aromatic heterocycles. The molecule has 17 nitrogen and oxygen atoms in total. The first kappa shape index (κ1) is 33.6. The van der Waals surface area contributed by atoms with Crippen LogP contribution in [-0.4, -0.2) is 77.1 Å². The summed E-state index contributed by atoms with van der Waals surface area (Å²) in [7, 11) is -13.9. The van der Waals surface area contributed by atoms with Gasteiger partial charge >= 0.3 is 23.5 Å². The molecule has 1 aliphatic rings. The normalized spacial score (nSPS) is 22.2. The van der Waals surface area contributed by atoms with Crippen LogP contribution in [0.1, 0.15) is 13.2 Å². The quantitative estimate of drug-likeness (QED) is 0.164. The van der Waals surface area contributed by atoms with Gasteiger partial charge in [-0.05, 0) is 13.0 Å². The molecule has 1 saturated heterocycles. The van der Waals surface area contributed by atoms with Crippen molar-refractivity contribution in [2.75, 3.05) is 0 Å². The fourth-order valence-corrected chi connectivity index (χ4v) is 2.51. The summed E-state index contributed by atoms with van der Waals surface area (Å²) in [6.45, 7) is 1.58. The van der Waals surface area contributed by atoms with Gasteiger partial charge in [0.15, 0.2) is 6.23 Å². The standard InChI is InChI=1S/C14H14FNO4.3H3O4P/c1-7-11(17)12(18)14(20-7)16-6-10(15)8-4-2-3-5-9(8)13(16)19;3*1-5(2,3)4/h2-7,11-12,14,17-18H,1H3;3*(H3,1,2,3,4). The van der Waals surface area contributed by atoms with E-state index >= 15 is 0 Å². The minimum absolute atomic E-state index is 0.206. The third-order valence-electron chi connectivity index (χ3n) is 3.65. The third-order valence-corrected chi connectivity index (χ3v) is 3.65. The summed E-state index contributed by atoms with van der Waals surface area (Å²) in [5.74, 6) is -0.579. The fraction of sp³-hybridized carbons (Fsp3) is 0.357. The zero-order valence-corrected chi connectivity index (χ0v) is 20.0. The van der Waals surface area contributed by atoms with Gasteiger partial charge in [0, 0.05) is 11.6 Å². The second kappa shape index (κ2) is 13.2. The number of aliphatic hydroxyl groups is 2. The average molecular weight is 573 g/mol. The van der Waals surface area contributed by atoms with Crippen molar-refractivity contribution in [1.29, 1.82) is 0 Å². The van der Waals surface area contributed by atoms with E-state index in [4.69, 9.17) is 62.5 Å². The zero-order valence-electron chi connectivity index (χ0n) is 17.3. The van der Waals surface area contributed by atoms with Crippen molar-refractivity contribution in [2.24, 2.45) is 0 Å². The zero-order chi connectivity index (χ0) is 27.9. The molecule has 1 fully saturated rings. The molecule has 0 bridgehead atoms. The van der Waals surface area contributed by atoms with E-state index in [2.05, 4.69) is 0 Å². The first-order chi connectivity index (χ1) is 15.5. The minimum atomic E-state index is -4.64. The average Bonchev–Trinajstić information content (AvgIpc) is 2.88. The van der Waals surface area contributed by atoms with E-state index in [0.717, 1.165) is 10.8 Å². The molecule has 35 heavy (non-hydrogen) atoms. The molecular weight excluding hydrogens is 550 g/mol. The molecule has 0 spiro atoms. The minimum Gasteiger partial charge on any atom is -0.388 e. The molecule has 1 aromatic carbocycles. The van der Waals surface area contributed by atoms with Gasteiger partial charge in [-0.2, -0.15) is 0 Å². The molecule has 0 aliphatic carbocycles. The Kier molecular flexibility index (Phi) is 12.7. The topological polar surface area (TPSA) is 305 Å². The number of aliphatic hydroxyl groups excluding tert-OH is 2. The second-order valence-electron chi connectivity index (χ2n) is 6.49. The number of halogens is 1. The van der Waals surface area contributed by atoms with Gasteiger partial charge in [-0.3, -0.25) is 9.36 Å². The summed E-state index contributed by atoms with van der Waals surface area (Å²) in [5, 5.41) is 20.0. The molecule has 4 atom stereocenters. The predicted octanol–water partition coefficient (Wildman–Crippen LogP) is -2.01. The van der Waals surface area contributed by atoms with E-state index in [-0.39, 0.29) is 10.8 Å². The Labute approximate surface area is 194 Å². The van der Waals surface area contributed by atoms with Crippen LogP contribution in [0.4, 0.5) is 4.39 Å². The SMILES string of the molecule is CC1OC(n2cc(F)c3ccccc3c2=O)C(O)C1O.O=P(O)(O)O.O=P(O)(O)O.O=P(O)(O)O. The maximum absolute atomic E-state index is 14.0. The molecule has 0 radical (unpaired) electrons. The summed E-state index contributed by atoms with van der Waals surface area (Å²) in [6, 6.07) is 6.30. The van der Waals surface area contributed by atoms with E-state index < -0.39 is 59.4 Å². The van der Waals surface area contributed by atoms with E-state index in [0.29, 0.717) is 0 Å². The molecule has 4 unspecified atom stereocenters. The number of rotatable bonds is 1. The molecule has 11 N–H and O–H groups in total. The van der Waals surface area contributed by atoms with Crippen molar-refractivity contribution >= 4 is 34.2 Å². The van der Waals surface area contributed by atoms with Gasteiger partial charge in [0.1, 0.15) is 18.0 Å². The monoisotopic (exact) mass is 573 g/mol. The number of phosphoric acid groups is 3. The highest BCUT2D eigenvalue weighted by atomic mass is 31.2. The third kappa shape index (κ3) is 14.7. The van der Waals surface area contributed by atoms with Gasteiger partial charge in [0.05, 0.1) is 11.5 Å². The van der Waals surface area contributed by atoms with Gasteiger partial charge in [0.25, 0.3) is 5.56 Å². The maximum atomic E-state index is 14.0. The van der Waals surface area contributed by atoms with Crippen molar-refractivity contribution in [1.82, 2.24) is 4.57 Å². The fourth-order valence-electron chi connectivity index (χ4n) is 2.51. The first-order valence-electron chi connectivity index (χ1n) is 8.66. The number of benzene rings is 1. The Hall–Kier alpha value is -1.43. The number of pyridine rings is 1. The van der Waals surface area contributed by atoms with Gasteiger partial charge < -0.3 is 59.0 Å². The molecule has 2 heterocycles. The summed E-state index contributed by atoms with van der Waals surface area (Å²) in [4.78, 5) is 77.0. The van der Waals surface area contributed by atoms with Crippen molar-refractivity contribution in [3.05, 3.63) is 46.6 Å². The van der Waals surface area contributed by atoms with Crippen molar-refractivity contribution in [3.63, 3.8) is 0 Å². The van der Waals surface area contributed by atoms with Crippen LogP contribution in [0.25, 0.3) is 10.8 Å². The predicted molar refractivity (Wildman–Crippen MR) is 113 cm³/mol. The Morgan fingerprint density at radius 2 is 1.17 bits per heavy atom. The summed E-state index contributed by atoms with van der Waals surface area (Å²) < 4.78 is 47.0. The lowest BCUT2D eigenvalue weighted by Gasteiger charge is -2.18. The Morgan fingerprint density at radius 3 is 1.51 bits per heavy atom. The number of ether oxygens (including phenoxy) is 1. The maximum Gasteiger partial charge on any atom is 0.466 e. The first-order valence-corrected chi connectivity index (χ1v) is 13.4. The highest BCUT2D eigenvalue weighted by molar-refractivity contribution is 7.45. The van der Waals surface area contributed by atoms with Crippen LogP contribution in [-0.2, 0) is 18.4 Å². The van der Waals surface area contributed by atoms with Gasteiger partial charge in [0.2, 0.25) is 0 Å².